The Kier molecular flexibility index (Phi) is 7.73. The van der Waals surface area contributed by atoms with Gasteiger partial charge in [0.05, 0.1) is 6.10 Å². The lowest BCUT2D eigenvalue weighted by molar-refractivity contribution is -0.158. The topological polar surface area (TPSA) is 73.9 Å². The normalized spacial score (nSPS) is 18.2. The van der Waals surface area contributed by atoms with E-state index in [0.717, 1.165) is 0 Å². The molecule has 1 aliphatic carbocycles. The van der Waals surface area contributed by atoms with Gasteiger partial charge in [0, 0.05) is 6.61 Å². The highest BCUT2D eigenvalue weighted by Gasteiger charge is 2.28. The van der Waals surface area contributed by atoms with E-state index < -0.39 is 29.8 Å². The molecule has 1 saturated carbocycles. The maximum Gasteiger partial charge on any atom is 0.408 e. The second kappa shape index (κ2) is 9.06. The second-order valence-corrected chi connectivity index (χ2v) is 7.35. The Morgan fingerprint density at radius 1 is 1.29 bits per heavy atom. The number of carbonyl (C=O) groups is 2. The summed E-state index contributed by atoms with van der Waals surface area (Å²) in [6.07, 6.45) is 3.47. The summed E-state index contributed by atoms with van der Waals surface area (Å²) in [7, 11) is 0. The van der Waals surface area contributed by atoms with E-state index in [1.165, 1.54) is 12.8 Å². The van der Waals surface area contributed by atoms with Gasteiger partial charge in [0.2, 0.25) is 0 Å². The fraction of sp³-hybridized carbons (Fsp3) is 0.778. The van der Waals surface area contributed by atoms with Crippen molar-refractivity contribution in [3.8, 4) is 0 Å². The molecular formula is C18H31NO5. The third-order valence-corrected chi connectivity index (χ3v) is 3.55. The van der Waals surface area contributed by atoms with Gasteiger partial charge in [-0.2, -0.15) is 0 Å². The summed E-state index contributed by atoms with van der Waals surface area (Å²) >= 11 is 0. The molecule has 0 unspecified atom stereocenters. The third-order valence-electron chi connectivity index (χ3n) is 3.55. The van der Waals surface area contributed by atoms with Gasteiger partial charge in [-0.05, 0) is 59.8 Å². The number of amides is 1. The fourth-order valence-electron chi connectivity index (χ4n) is 2.01. The minimum atomic E-state index is -0.796. The summed E-state index contributed by atoms with van der Waals surface area (Å²) in [5.74, 6) is 0.116. The Labute approximate surface area is 144 Å². The van der Waals surface area contributed by atoms with Crippen molar-refractivity contribution >= 4 is 12.1 Å². The van der Waals surface area contributed by atoms with E-state index in [0.29, 0.717) is 18.9 Å². The molecular weight excluding hydrogens is 310 g/mol. The molecule has 0 bridgehead atoms. The summed E-state index contributed by atoms with van der Waals surface area (Å²) in [6, 6.07) is -0.796. The van der Waals surface area contributed by atoms with Gasteiger partial charge in [-0.15, -0.1) is 6.58 Å². The van der Waals surface area contributed by atoms with Gasteiger partial charge < -0.3 is 19.5 Å². The smallest absolute Gasteiger partial charge is 0.408 e. The summed E-state index contributed by atoms with van der Waals surface area (Å²) in [4.78, 5) is 23.8. The zero-order chi connectivity index (χ0) is 18.3. The molecule has 6 nitrogen and oxygen atoms in total. The molecule has 0 radical (unpaired) electrons. The quantitative estimate of drug-likeness (QED) is 0.515. The monoisotopic (exact) mass is 341 g/mol. The van der Waals surface area contributed by atoms with E-state index in [-0.39, 0.29) is 6.10 Å². The van der Waals surface area contributed by atoms with Crippen molar-refractivity contribution in [2.24, 2.45) is 5.92 Å². The Morgan fingerprint density at radius 2 is 1.92 bits per heavy atom. The Morgan fingerprint density at radius 3 is 2.42 bits per heavy atom. The van der Waals surface area contributed by atoms with Crippen molar-refractivity contribution in [1.29, 1.82) is 0 Å². The van der Waals surface area contributed by atoms with E-state index >= 15 is 0 Å². The van der Waals surface area contributed by atoms with Crippen LogP contribution >= 0.6 is 0 Å². The molecule has 0 aromatic heterocycles. The van der Waals surface area contributed by atoms with Crippen LogP contribution in [-0.4, -0.2) is 42.5 Å². The average Bonchev–Trinajstić information content (AvgIpc) is 3.24. The molecule has 0 saturated heterocycles. The van der Waals surface area contributed by atoms with Crippen LogP contribution in [0, 0.1) is 5.92 Å². The first-order valence-electron chi connectivity index (χ1n) is 8.55. The summed E-state index contributed by atoms with van der Waals surface area (Å²) < 4.78 is 16.4. The number of nitrogens with one attached hydrogen (secondary N) is 1. The first-order valence-corrected chi connectivity index (χ1v) is 8.55. The molecule has 1 aliphatic rings. The molecule has 0 spiro atoms. The molecule has 0 aromatic rings. The van der Waals surface area contributed by atoms with Crippen LogP contribution < -0.4 is 5.32 Å². The molecule has 1 amide bonds. The zero-order valence-corrected chi connectivity index (χ0v) is 15.5. The Balaban J connectivity index is 2.43. The summed E-state index contributed by atoms with van der Waals surface area (Å²) in [5.41, 5.74) is -0.618. The zero-order valence-electron chi connectivity index (χ0n) is 15.5. The van der Waals surface area contributed by atoms with Crippen LogP contribution in [-0.2, 0) is 19.0 Å². The maximum absolute atomic E-state index is 12.1. The van der Waals surface area contributed by atoms with Crippen LogP contribution in [0.1, 0.15) is 53.9 Å². The van der Waals surface area contributed by atoms with Gasteiger partial charge in [-0.1, -0.05) is 6.08 Å². The molecule has 1 rings (SSSR count). The number of hydrogen-bond acceptors (Lipinski definition) is 5. The van der Waals surface area contributed by atoms with Crippen molar-refractivity contribution in [3.63, 3.8) is 0 Å². The first kappa shape index (κ1) is 20.5. The molecule has 0 aromatic carbocycles. The van der Waals surface area contributed by atoms with E-state index in [1.54, 1.807) is 40.7 Å². The van der Waals surface area contributed by atoms with E-state index in [4.69, 9.17) is 14.2 Å². The second-order valence-electron chi connectivity index (χ2n) is 7.35. The highest BCUT2D eigenvalue weighted by atomic mass is 16.6. The average molecular weight is 341 g/mol. The van der Waals surface area contributed by atoms with Crippen molar-refractivity contribution in [2.45, 2.75) is 77.7 Å². The third kappa shape index (κ3) is 8.34. The molecule has 0 aliphatic heterocycles. The molecule has 1 N–H and O–H groups in total. The number of carbonyl (C=O) groups excluding carboxylic acids is 2. The standard InChI is InChI=1S/C18H31NO5/c1-7-8-15(22-11-14-9-10-14)13(3)23-16(20)12(2)19-17(21)24-18(4,5)6/h7,12-15H,1,8-11H2,2-6H3,(H,19,21)/t12-,13-,15+/m0/s1. The number of rotatable bonds is 9. The van der Waals surface area contributed by atoms with Crippen LogP contribution in [0.2, 0.25) is 0 Å². The lowest BCUT2D eigenvalue weighted by Crippen LogP contribution is -2.44. The van der Waals surface area contributed by atoms with Crippen LogP contribution in [0.5, 0.6) is 0 Å². The molecule has 138 valence electrons. The number of alkyl carbamates (subject to hydrolysis) is 1. The van der Waals surface area contributed by atoms with Crippen LogP contribution in [0.3, 0.4) is 0 Å². The molecule has 0 heterocycles. The Bertz CT molecular complexity index is 439. The highest BCUT2D eigenvalue weighted by molar-refractivity contribution is 5.81. The predicted molar refractivity (Wildman–Crippen MR) is 91.7 cm³/mol. The van der Waals surface area contributed by atoms with Crippen molar-refractivity contribution in [2.75, 3.05) is 6.61 Å². The van der Waals surface area contributed by atoms with Crippen LogP contribution in [0.15, 0.2) is 12.7 Å². The van der Waals surface area contributed by atoms with E-state index in [2.05, 4.69) is 11.9 Å². The largest absolute Gasteiger partial charge is 0.458 e. The van der Waals surface area contributed by atoms with E-state index in [1.807, 2.05) is 0 Å². The highest BCUT2D eigenvalue weighted by Crippen LogP contribution is 2.29. The maximum atomic E-state index is 12.1. The van der Waals surface area contributed by atoms with E-state index in [9.17, 15) is 9.59 Å². The van der Waals surface area contributed by atoms with Gasteiger partial charge in [-0.25, -0.2) is 9.59 Å². The number of hydrogen-bond donors (Lipinski definition) is 1. The van der Waals surface area contributed by atoms with Crippen LogP contribution in [0.4, 0.5) is 4.79 Å². The van der Waals surface area contributed by atoms with Gasteiger partial charge in [0.15, 0.2) is 0 Å². The molecule has 1 fully saturated rings. The minimum Gasteiger partial charge on any atom is -0.458 e. The molecule has 24 heavy (non-hydrogen) atoms. The lowest BCUT2D eigenvalue weighted by Gasteiger charge is -2.25. The summed E-state index contributed by atoms with van der Waals surface area (Å²) in [5, 5.41) is 2.48. The first-order chi connectivity index (χ1) is 11.1. The Hall–Kier alpha value is -1.56. The SMILES string of the molecule is C=CC[C@@H](OCC1CC1)[C@H](C)OC(=O)[C@H](C)NC(=O)OC(C)(C)C. The van der Waals surface area contributed by atoms with Gasteiger partial charge in [0.1, 0.15) is 17.7 Å². The van der Waals surface area contributed by atoms with Crippen LogP contribution in [0.25, 0.3) is 0 Å². The fourth-order valence-corrected chi connectivity index (χ4v) is 2.01. The van der Waals surface area contributed by atoms with Crippen molar-refractivity contribution < 1.29 is 23.8 Å². The number of ether oxygens (including phenoxy) is 3. The van der Waals surface area contributed by atoms with Gasteiger partial charge >= 0.3 is 12.1 Å². The lowest BCUT2D eigenvalue weighted by atomic mass is 10.1. The van der Waals surface area contributed by atoms with Crippen molar-refractivity contribution in [3.05, 3.63) is 12.7 Å². The number of esters is 1. The predicted octanol–water partition coefficient (Wildman–Crippen LogP) is 3.20. The molecule has 6 heteroatoms. The molecule has 3 atom stereocenters. The summed E-state index contributed by atoms with van der Waals surface area (Å²) in [6.45, 7) is 13.0. The van der Waals surface area contributed by atoms with Crippen molar-refractivity contribution in [1.82, 2.24) is 5.32 Å². The minimum absolute atomic E-state index is 0.222. The van der Waals surface area contributed by atoms with Gasteiger partial charge in [0.25, 0.3) is 0 Å². The van der Waals surface area contributed by atoms with Gasteiger partial charge in [-0.3, -0.25) is 0 Å².